The molecule has 35 heavy (non-hydrogen) atoms. The number of pyridine rings is 1. The number of sulfonamides is 1. The topological polar surface area (TPSA) is 116 Å². The van der Waals surface area contributed by atoms with Gasteiger partial charge in [0, 0.05) is 24.8 Å². The van der Waals surface area contributed by atoms with Crippen LogP contribution in [0.1, 0.15) is 16.8 Å². The van der Waals surface area contributed by atoms with Crippen LogP contribution in [0.3, 0.4) is 0 Å². The molecular formula is C24H25N5O5S. The zero-order chi connectivity index (χ0) is 24.8. The van der Waals surface area contributed by atoms with Crippen LogP contribution in [0.5, 0.6) is 11.6 Å². The summed E-state index contributed by atoms with van der Waals surface area (Å²) in [5.74, 6) is 7.27. The van der Waals surface area contributed by atoms with Crippen molar-refractivity contribution in [3.05, 3.63) is 59.7 Å². The lowest BCUT2D eigenvalue weighted by molar-refractivity contribution is 0.122. The third-order valence-electron chi connectivity index (χ3n) is 5.31. The van der Waals surface area contributed by atoms with Gasteiger partial charge in [0.25, 0.3) is 10.0 Å². The number of nitrogens with zero attached hydrogens (tertiary/aromatic N) is 4. The SMILES string of the molecule is COc1ccccc1S(=O)(=O)Nc1cc(C#Cc2c(C)ncnc2N2CCOCC2)cnc1OC. The molecular weight excluding hydrogens is 470 g/mol. The van der Waals surface area contributed by atoms with Gasteiger partial charge in [0.05, 0.1) is 38.7 Å². The average Bonchev–Trinajstić information content (AvgIpc) is 2.88. The van der Waals surface area contributed by atoms with Gasteiger partial charge < -0.3 is 19.1 Å². The Labute approximate surface area is 204 Å². The Morgan fingerprint density at radius 2 is 1.83 bits per heavy atom. The number of morpholine rings is 1. The molecule has 0 aliphatic carbocycles. The smallest absolute Gasteiger partial charge is 0.265 e. The first-order chi connectivity index (χ1) is 16.9. The fraction of sp³-hybridized carbons (Fsp3) is 0.292. The minimum absolute atomic E-state index is 0.00625. The summed E-state index contributed by atoms with van der Waals surface area (Å²) in [4.78, 5) is 15.0. The largest absolute Gasteiger partial charge is 0.495 e. The molecule has 1 aromatic carbocycles. The Balaban J connectivity index is 1.68. The van der Waals surface area contributed by atoms with Crippen molar-refractivity contribution in [3.63, 3.8) is 0 Å². The Morgan fingerprint density at radius 1 is 1.06 bits per heavy atom. The molecule has 0 radical (unpaired) electrons. The first kappa shape index (κ1) is 24.3. The maximum atomic E-state index is 13.1. The average molecular weight is 496 g/mol. The minimum Gasteiger partial charge on any atom is -0.495 e. The summed E-state index contributed by atoms with van der Waals surface area (Å²) in [6.45, 7) is 4.53. The third kappa shape index (κ3) is 5.45. The van der Waals surface area contributed by atoms with E-state index in [2.05, 4.69) is 36.4 Å². The molecule has 11 heteroatoms. The fourth-order valence-corrected chi connectivity index (χ4v) is 4.77. The van der Waals surface area contributed by atoms with Crippen LogP contribution in [0.4, 0.5) is 11.5 Å². The predicted molar refractivity (Wildman–Crippen MR) is 130 cm³/mol. The van der Waals surface area contributed by atoms with Crippen molar-refractivity contribution in [2.75, 3.05) is 50.1 Å². The first-order valence-electron chi connectivity index (χ1n) is 10.8. The monoisotopic (exact) mass is 495 g/mol. The van der Waals surface area contributed by atoms with Gasteiger partial charge in [-0.1, -0.05) is 24.0 Å². The summed E-state index contributed by atoms with van der Waals surface area (Å²) in [5, 5.41) is 0. The molecule has 10 nitrogen and oxygen atoms in total. The van der Waals surface area contributed by atoms with E-state index in [1.807, 2.05) is 6.92 Å². The van der Waals surface area contributed by atoms with Gasteiger partial charge in [-0.3, -0.25) is 4.72 Å². The molecule has 2 aromatic heterocycles. The van der Waals surface area contributed by atoms with Crippen LogP contribution < -0.4 is 19.1 Å². The Bertz CT molecular complexity index is 1380. The van der Waals surface area contributed by atoms with Crippen LogP contribution in [0.15, 0.2) is 47.8 Å². The molecule has 0 bridgehead atoms. The van der Waals surface area contributed by atoms with Gasteiger partial charge in [-0.15, -0.1) is 0 Å². The predicted octanol–water partition coefficient (Wildman–Crippen LogP) is 2.23. The molecule has 0 spiro atoms. The molecule has 1 fully saturated rings. The van der Waals surface area contributed by atoms with Crippen molar-refractivity contribution in [1.29, 1.82) is 0 Å². The van der Waals surface area contributed by atoms with Crippen molar-refractivity contribution < 1.29 is 22.6 Å². The van der Waals surface area contributed by atoms with Gasteiger partial charge in [-0.2, -0.15) is 0 Å². The van der Waals surface area contributed by atoms with Crippen molar-refractivity contribution in [3.8, 4) is 23.5 Å². The number of hydrogen-bond donors (Lipinski definition) is 1. The highest BCUT2D eigenvalue weighted by Gasteiger charge is 2.22. The van der Waals surface area contributed by atoms with Gasteiger partial charge in [-0.25, -0.2) is 23.4 Å². The highest BCUT2D eigenvalue weighted by molar-refractivity contribution is 7.92. The van der Waals surface area contributed by atoms with Crippen LogP contribution in [0.2, 0.25) is 0 Å². The van der Waals surface area contributed by atoms with Crippen LogP contribution >= 0.6 is 0 Å². The lowest BCUT2D eigenvalue weighted by Crippen LogP contribution is -2.37. The van der Waals surface area contributed by atoms with Crippen molar-refractivity contribution in [1.82, 2.24) is 15.0 Å². The molecule has 3 aromatic rings. The van der Waals surface area contributed by atoms with Crippen LogP contribution in [-0.4, -0.2) is 63.9 Å². The number of aryl methyl sites for hydroxylation is 1. The van der Waals surface area contributed by atoms with E-state index in [4.69, 9.17) is 14.2 Å². The van der Waals surface area contributed by atoms with E-state index in [0.717, 1.165) is 11.5 Å². The zero-order valence-electron chi connectivity index (χ0n) is 19.6. The maximum absolute atomic E-state index is 13.1. The van der Waals surface area contributed by atoms with Crippen molar-refractivity contribution in [2.45, 2.75) is 11.8 Å². The molecule has 182 valence electrons. The quantitative estimate of drug-likeness (QED) is 0.514. The molecule has 1 N–H and O–H groups in total. The highest BCUT2D eigenvalue weighted by atomic mass is 32.2. The lowest BCUT2D eigenvalue weighted by Gasteiger charge is -2.28. The first-order valence-corrected chi connectivity index (χ1v) is 12.3. The summed E-state index contributed by atoms with van der Waals surface area (Å²) in [7, 11) is -1.16. The van der Waals surface area contributed by atoms with Crippen LogP contribution in [0.25, 0.3) is 0 Å². The van der Waals surface area contributed by atoms with E-state index in [0.29, 0.717) is 37.4 Å². The van der Waals surface area contributed by atoms with E-state index >= 15 is 0 Å². The maximum Gasteiger partial charge on any atom is 0.265 e. The highest BCUT2D eigenvalue weighted by Crippen LogP contribution is 2.29. The molecule has 0 unspecified atom stereocenters. The number of rotatable bonds is 6. The Morgan fingerprint density at radius 3 is 2.57 bits per heavy atom. The van der Waals surface area contributed by atoms with Gasteiger partial charge in [-0.05, 0) is 25.1 Å². The molecule has 3 heterocycles. The number of nitrogens with one attached hydrogen (secondary N) is 1. The van der Waals surface area contributed by atoms with Gasteiger partial charge in [0.1, 0.15) is 28.5 Å². The van der Waals surface area contributed by atoms with Gasteiger partial charge in [0.15, 0.2) is 0 Å². The van der Waals surface area contributed by atoms with E-state index in [1.165, 1.54) is 32.8 Å². The number of ether oxygens (including phenoxy) is 3. The summed E-state index contributed by atoms with van der Waals surface area (Å²) < 4.78 is 44.6. The molecule has 1 aliphatic heterocycles. The van der Waals surface area contributed by atoms with Crippen molar-refractivity contribution >= 4 is 21.5 Å². The third-order valence-corrected chi connectivity index (χ3v) is 6.71. The summed E-state index contributed by atoms with van der Waals surface area (Å²) >= 11 is 0. The Kier molecular flexibility index (Phi) is 7.33. The lowest BCUT2D eigenvalue weighted by atomic mass is 10.2. The normalized spacial score (nSPS) is 13.5. The van der Waals surface area contributed by atoms with E-state index in [9.17, 15) is 8.42 Å². The van der Waals surface area contributed by atoms with Crippen molar-refractivity contribution in [2.24, 2.45) is 0 Å². The van der Waals surface area contributed by atoms with Crippen LogP contribution in [-0.2, 0) is 14.8 Å². The molecule has 1 saturated heterocycles. The second kappa shape index (κ2) is 10.6. The van der Waals surface area contributed by atoms with E-state index in [-0.39, 0.29) is 22.2 Å². The fourth-order valence-electron chi connectivity index (χ4n) is 3.55. The number of para-hydroxylation sites is 1. The second-order valence-corrected chi connectivity index (χ2v) is 9.20. The molecule has 0 amide bonds. The zero-order valence-corrected chi connectivity index (χ0v) is 20.4. The number of benzene rings is 1. The summed E-state index contributed by atoms with van der Waals surface area (Å²) in [6, 6.07) is 7.90. The summed E-state index contributed by atoms with van der Waals surface area (Å²) in [5.41, 5.74) is 2.08. The number of aromatic nitrogens is 3. The molecule has 0 atom stereocenters. The minimum atomic E-state index is -3.98. The number of anilines is 2. The molecule has 1 aliphatic rings. The second-order valence-electron chi connectivity index (χ2n) is 7.54. The van der Waals surface area contributed by atoms with E-state index in [1.54, 1.807) is 24.3 Å². The van der Waals surface area contributed by atoms with E-state index < -0.39 is 10.0 Å². The van der Waals surface area contributed by atoms with Gasteiger partial charge >= 0.3 is 0 Å². The molecule has 0 saturated carbocycles. The van der Waals surface area contributed by atoms with Crippen LogP contribution in [0, 0.1) is 18.8 Å². The number of hydrogen-bond acceptors (Lipinski definition) is 9. The number of methoxy groups -OCH3 is 2. The Hall–Kier alpha value is -3.88. The standard InChI is InChI=1S/C24H25N5O5S/c1-17-19(23(27-16-26-17)29-10-12-34-13-11-29)9-8-18-14-20(24(33-3)25-15-18)28-35(30,31)22-7-5-4-6-21(22)32-2/h4-7,14-16,28H,10-13H2,1-3H3. The van der Waals surface area contributed by atoms with Gasteiger partial charge in [0.2, 0.25) is 5.88 Å². The molecule has 4 rings (SSSR count). The summed E-state index contributed by atoms with van der Waals surface area (Å²) in [6.07, 6.45) is 3.03.